The van der Waals surface area contributed by atoms with Gasteiger partial charge >= 0.3 is 6.03 Å². The Balaban J connectivity index is 1.47. The number of anilines is 1. The fraction of sp³-hybridized carbons (Fsp3) is 0.333. The Labute approximate surface area is 209 Å². The van der Waals surface area contributed by atoms with Gasteiger partial charge in [-0.25, -0.2) is 4.79 Å². The summed E-state index contributed by atoms with van der Waals surface area (Å²) in [4.78, 5) is 30.7. The quantitative estimate of drug-likeness (QED) is 0.278. The number of carbonyl (C=O) groups excluding carboxylic acids is 1. The van der Waals surface area contributed by atoms with Crippen LogP contribution in [0.5, 0.6) is 5.75 Å². The normalized spacial score (nSPS) is 23.6. The number of hydrogen-bond acceptors (Lipinski definition) is 6. The lowest BCUT2D eigenvalue weighted by Gasteiger charge is -2.51. The number of aromatic nitrogens is 1. The lowest BCUT2D eigenvalue weighted by atomic mass is 9.73. The molecule has 2 amide bonds. The number of pyridine rings is 1. The zero-order valence-electron chi connectivity index (χ0n) is 20.1. The first-order chi connectivity index (χ1) is 17.5. The Bertz CT molecular complexity index is 1300. The average molecular weight is 488 g/mol. The first-order valence-corrected chi connectivity index (χ1v) is 12.1. The van der Waals surface area contributed by atoms with Crippen LogP contribution in [0.4, 0.5) is 16.2 Å². The molecule has 6 rings (SSSR count). The van der Waals surface area contributed by atoms with Crippen molar-refractivity contribution < 1.29 is 14.5 Å². The van der Waals surface area contributed by atoms with Gasteiger partial charge in [0.05, 0.1) is 23.6 Å². The highest BCUT2D eigenvalue weighted by molar-refractivity contribution is 5.91. The number of methoxy groups -OCH3 is 1. The highest BCUT2D eigenvalue weighted by Crippen LogP contribution is 2.42. The number of rotatable bonds is 7. The van der Waals surface area contributed by atoms with E-state index in [2.05, 4.69) is 33.2 Å². The molecule has 0 spiro atoms. The van der Waals surface area contributed by atoms with Crippen LogP contribution in [0.25, 0.3) is 10.9 Å². The predicted molar refractivity (Wildman–Crippen MR) is 138 cm³/mol. The summed E-state index contributed by atoms with van der Waals surface area (Å²) in [6.45, 7) is 5.94. The van der Waals surface area contributed by atoms with E-state index in [1.165, 1.54) is 24.3 Å². The van der Waals surface area contributed by atoms with Gasteiger partial charge in [0.25, 0.3) is 5.69 Å². The Morgan fingerprint density at radius 1 is 1.28 bits per heavy atom. The number of nitrogens with one attached hydrogen (secondary N) is 2. The van der Waals surface area contributed by atoms with Gasteiger partial charge < -0.3 is 15.4 Å². The lowest BCUT2D eigenvalue weighted by molar-refractivity contribution is -0.384. The predicted octanol–water partition coefficient (Wildman–Crippen LogP) is 4.91. The Morgan fingerprint density at radius 2 is 2.08 bits per heavy atom. The molecular formula is C27H29N5O4. The molecule has 2 aromatic carbocycles. The van der Waals surface area contributed by atoms with Gasteiger partial charge in [-0.15, -0.1) is 6.58 Å². The number of amides is 2. The van der Waals surface area contributed by atoms with Crippen molar-refractivity contribution in [3.63, 3.8) is 0 Å². The molecule has 0 saturated carbocycles. The van der Waals surface area contributed by atoms with Gasteiger partial charge in [0.15, 0.2) is 0 Å². The second kappa shape index (κ2) is 9.94. The van der Waals surface area contributed by atoms with E-state index in [4.69, 9.17) is 4.74 Å². The van der Waals surface area contributed by atoms with Crippen molar-refractivity contribution in [3.05, 3.63) is 83.1 Å². The summed E-state index contributed by atoms with van der Waals surface area (Å²) >= 11 is 0. The largest absolute Gasteiger partial charge is 0.497 e. The standard InChI is InChI=1S/C27H29N5O4/c1-3-17-16-31-13-11-18(17)14-25(31)26(22-10-12-28-24-9-8-21(36-2)15-23(22)24)30-27(33)29-19-4-6-20(7-5-19)32(34)35/h3-10,12,15,17-18,25-26H,1,11,13-14,16H2,2H3,(H2,29,30,33)/t17?,18?,25?,26-/m0/s1. The fourth-order valence-corrected chi connectivity index (χ4v) is 5.62. The third-order valence-corrected chi connectivity index (χ3v) is 7.48. The van der Waals surface area contributed by atoms with E-state index >= 15 is 0 Å². The van der Waals surface area contributed by atoms with E-state index in [1.807, 2.05) is 24.3 Å². The van der Waals surface area contributed by atoms with E-state index in [9.17, 15) is 14.9 Å². The minimum absolute atomic E-state index is 0.0289. The maximum atomic E-state index is 13.2. The first kappa shape index (κ1) is 23.7. The smallest absolute Gasteiger partial charge is 0.319 e. The number of ether oxygens (including phenoxy) is 1. The molecule has 0 aliphatic carbocycles. The van der Waals surface area contributed by atoms with Gasteiger partial charge in [-0.2, -0.15) is 0 Å². The highest BCUT2D eigenvalue weighted by Gasteiger charge is 2.43. The van der Waals surface area contributed by atoms with Crippen LogP contribution < -0.4 is 15.4 Å². The number of fused-ring (bicyclic) bond motifs is 4. The Kier molecular flexibility index (Phi) is 6.56. The summed E-state index contributed by atoms with van der Waals surface area (Å²) in [6.07, 6.45) is 5.91. The summed E-state index contributed by atoms with van der Waals surface area (Å²) in [5.74, 6) is 1.71. The van der Waals surface area contributed by atoms with Crippen LogP contribution in [0.3, 0.4) is 0 Å². The van der Waals surface area contributed by atoms with Gasteiger partial charge in [-0.3, -0.25) is 20.0 Å². The van der Waals surface area contributed by atoms with Crippen LogP contribution in [0.2, 0.25) is 0 Å². The van der Waals surface area contributed by atoms with Crippen LogP contribution in [0.1, 0.15) is 24.4 Å². The van der Waals surface area contributed by atoms with Crippen LogP contribution in [0, 0.1) is 22.0 Å². The second-order valence-corrected chi connectivity index (χ2v) is 9.41. The first-order valence-electron chi connectivity index (χ1n) is 12.1. The van der Waals surface area contributed by atoms with E-state index < -0.39 is 4.92 Å². The zero-order valence-corrected chi connectivity index (χ0v) is 20.1. The molecule has 36 heavy (non-hydrogen) atoms. The molecular weight excluding hydrogens is 458 g/mol. The number of non-ortho nitro benzene ring substituents is 1. The molecule has 4 heterocycles. The molecule has 3 saturated heterocycles. The Morgan fingerprint density at radius 3 is 2.75 bits per heavy atom. The number of nitrogens with zero attached hydrogens (tertiary/aromatic N) is 3. The summed E-state index contributed by atoms with van der Waals surface area (Å²) in [5.41, 5.74) is 2.26. The van der Waals surface area contributed by atoms with Crippen LogP contribution in [-0.2, 0) is 0 Å². The topological polar surface area (TPSA) is 110 Å². The number of nitro benzene ring substituents is 1. The number of benzene rings is 2. The third-order valence-electron chi connectivity index (χ3n) is 7.48. The minimum Gasteiger partial charge on any atom is -0.497 e. The summed E-state index contributed by atoms with van der Waals surface area (Å²) in [6, 6.07) is 13.0. The maximum Gasteiger partial charge on any atom is 0.319 e. The Hall–Kier alpha value is -3.98. The number of carbonyl (C=O) groups is 1. The monoisotopic (exact) mass is 487 g/mol. The van der Waals surface area contributed by atoms with Gasteiger partial charge in [-0.05, 0) is 73.2 Å². The van der Waals surface area contributed by atoms with Gasteiger partial charge in [0.2, 0.25) is 0 Å². The lowest BCUT2D eigenvalue weighted by Crippen LogP contribution is -2.57. The van der Waals surface area contributed by atoms with Gasteiger partial charge in [0, 0.05) is 42.0 Å². The molecule has 5 atom stereocenters. The molecule has 4 unspecified atom stereocenters. The minimum atomic E-state index is -0.466. The fourth-order valence-electron chi connectivity index (χ4n) is 5.62. The summed E-state index contributed by atoms with van der Waals surface area (Å²) in [7, 11) is 1.63. The second-order valence-electron chi connectivity index (χ2n) is 9.41. The molecule has 2 N–H and O–H groups in total. The van der Waals surface area contributed by atoms with Crippen LogP contribution >= 0.6 is 0 Å². The number of nitro groups is 1. The van der Waals surface area contributed by atoms with E-state index in [0.29, 0.717) is 17.5 Å². The van der Waals surface area contributed by atoms with E-state index in [1.54, 1.807) is 13.3 Å². The molecule has 3 fully saturated rings. The van der Waals surface area contributed by atoms with Crippen molar-refractivity contribution >= 4 is 28.3 Å². The van der Waals surface area contributed by atoms with Crippen molar-refractivity contribution in [2.45, 2.75) is 24.9 Å². The van der Waals surface area contributed by atoms with Crippen molar-refractivity contribution in [3.8, 4) is 5.75 Å². The maximum absolute atomic E-state index is 13.2. The zero-order chi connectivity index (χ0) is 25.2. The number of urea groups is 1. The van der Waals surface area contributed by atoms with Gasteiger partial charge in [0.1, 0.15) is 5.75 Å². The molecule has 9 nitrogen and oxygen atoms in total. The molecule has 1 aromatic heterocycles. The molecule has 9 heteroatoms. The molecule has 3 aliphatic rings. The SMILES string of the molecule is C=CC1CN2CCC1CC2[C@@H](NC(=O)Nc1ccc([N+](=O)[O-])cc1)c1ccnc2ccc(OC)cc12. The van der Waals surface area contributed by atoms with Crippen LogP contribution in [-0.4, -0.2) is 47.1 Å². The van der Waals surface area contributed by atoms with E-state index in [0.717, 1.165) is 48.1 Å². The van der Waals surface area contributed by atoms with Crippen molar-refractivity contribution in [1.29, 1.82) is 0 Å². The van der Waals surface area contributed by atoms with Gasteiger partial charge in [-0.1, -0.05) is 6.08 Å². The summed E-state index contributed by atoms with van der Waals surface area (Å²) < 4.78 is 5.47. The average Bonchev–Trinajstić information content (AvgIpc) is 2.91. The summed E-state index contributed by atoms with van der Waals surface area (Å²) in [5, 5.41) is 17.9. The molecule has 186 valence electrons. The molecule has 0 radical (unpaired) electrons. The molecule has 3 aromatic rings. The molecule has 3 aliphatic heterocycles. The number of hydrogen-bond donors (Lipinski definition) is 2. The van der Waals surface area contributed by atoms with Crippen molar-refractivity contribution in [2.75, 3.05) is 25.5 Å². The molecule has 2 bridgehead atoms. The van der Waals surface area contributed by atoms with Crippen molar-refractivity contribution in [2.24, 2.45) is 11.8 Å². The third kappa shape index (κ3) is 4.61. The number of piperidine rings is 3. The van der Waals surface area contributed by atoms with E-state index in [-0.39, 0.29) is 23.8 Å². The van der Waals surface area contributed by atoms with Crippen LogP contribution in [0.15, 0.2) is 67.4 Å². The highest BCUT2D eigenvalue weighted by atomic mass is 16.6. The van der Waals surface area contributed by atoms with Crippen molar-refractivity contribution in [1.82, 2.24) is 15.2 Å².